The van der Waals surface area contributed by atoms with Crippen molar-refractivity contribution in [3.63, 3.8) is 0 Å². The lowest BCUT2D eigenvalue weighted by molar-refractivity contribution is 0.0489. The number of rotatable bonds is 7. The van der Waals surface area contributed by atoms with Crippen LogP contribution in [-0.2, 0) is 11.3 Å². The average Bonchev–Trinajstić information content (AvgIpc) is 2.85. The van der Waals surface area contributed by atoms with Gasteiger partial charge in [-0.1, -0.05) is 0 Å². The van der Waals surface area contributed by atoms with Crippen LogP contribution in [0, 0.1) is 0 Å². The van der Waals surface area contributed by atoms with Crippen molar-refractivity contribution < 1.29 is 29.0 Å². The molecule has 1 atom stereocenters. The Kier molecular flexibility index (Phi) is 6.01. The van der Waals surface area contributed by atoms with Crippen LogP contribution in [0.3, 0.4) is 0 Å². The lowest BCUT2D eigenvalue weighted by Gasteiger charge is -2.20. The van der Waals surface area contributed by atoms with E-state index in [1.54, 1.807) is 0 Å². The second-order valence-electron chi connectivity index (χ2n) is 4.22. The smallest absolute Gasteiger partial charge is 0.371 e. The highest BCUT2D eigenvalue weighted by Crippen LogP contribution is 2.07. The zero-order chi connectivity index (χ0) is 15.1. The Morgan fingerprint density at radius 3 is 2.75 bits per heavy atom. The number of likely N-dealkylation sites (N-methyl/N-ethyl adjacent to an activating group) is 1. The predicted octanol–water partition coefficient (Wildman–Crippen LogP) is 0.127. The molecule has 3 N–H and O–H groups in total. The Balaban J connectivity index is 2.39. The lowest BCUT2D eigenvalue weighted by Crippen LogP contribution is -2.42. The van der Waals surface area contributed by atoms with Crippen LogP contribution in [0.4, 0.5) is 4.79 Å². The molecule has 0 bridgehead atoms. The molecule has 0 saturated carbocycles. The minimum Gasteiger partial charge on any atom is -0.475 e. The number of hydrogen-bond donors (Lipinski definition) is 3. The molecule has 0 aliphatic rings. The van der Waals surface area contributed by atoms with Gasteiger partial charge in [-0.15, -0.1) is 0 Å². The van der Waals surface area contributed by atoms with E-state index in [0.29, 0.717) is 5.76 Å². The summed E-state index contributed by atoms with van der Waals surface area (Å²) in [6.45, 7) is 0.326. The molecule has 0 aliphatic carbocycles. The van der Waals surface area contributed by atoms with Crippen LogP contribution >= 0.6 is 0 Å². The summed E-state index contributed by atoms with van der Waals surface area (Å²) in [6, 6.07) is 2.38. The second-order valence-corrected chi connectivity index (χ2v) is 4.22. The molecule has 1 heterocycles. The number of carbonyl (C=O) groups is 2. The van der Waals surface area contributed by atoms with E-state index in [9.17, 15) is 14.7 Å². The largest absolute Gasteiger partial charge is 0.475 e. The lowest BCUT2D eigenvalue weighted by atomic mass is 10.3. The number of aromatic carboxylic acids is 1. The van der Waals surface area contributed by atoms with Gasteiger partial charge in [0.15, 0.2) is 0 Å². The minimum atomic E-state index is -1.16. The van der Waals surface area contributed by atoms with Gasteiger partial charge in [0, 0.05) is 14.2 Å². The summed E-state index contributed by atoms with van der Waals surface area (Å²) >= 11 is 0. The van der Waals surface area contributed by atoms with Crippen molar-refractivity contribution >= 4 is 12.0 Å². The van der Waals surface area contributed by atoms with Crippen molar-refractivity contribution in [3.05, 3.63) is 23.7 Å². The highest BCUT2D eigenvalue weighted by atomic mass is 16.5. The number of nitrogens with one attached hydrogen (secondary N) is 1. The molecule has 1 aromatic rings. The summed E-state index contributed by atoms with van der Waals surface area (Å²) in [5.74, 6) is -1.01. The first kappa shape index (κ1) is 16.0. The van der Waals surface area contributed by atoms with Crippen molar-refractivity contribution in [2.24, 2.45) is 0 Å². The third kappa shape index (κ3) is 4.90. The van der Waals surface area contributed by atoms with E-state index in [1.165, 1.54) is 31.2 Å². The molecule has 0 aromatic carbocycles. The quantitative estimate of drug-likeness (QED) is 0.656. The van der Waals surface area contributed by atoms with Gasteiger partial charge in [-0.05, 0) is 12.1 Å². The Morgan fingerprint density at radius 1 is 1.50 bits per heavy atom. The van der Waals surface area contributed by atoms with Crippen molar-refractivity contribution in [2.45, 2.75) is 12.6 Å². The van der Waals surface area contributed by atoms with Gasteiger partial charge in [0.1, 0.15) is 5.76 Å². The van der Waals surface area contributed by atoms with Crippen LogP contribution < -0.4 is 5.32 Å². The van der Waals surface area contributed by atoms with Gasteiger partial charge in [0.2, 0.25) is 5.76 Å². The Hall–Kier alpha value is -2.06. The van der Waals surface area contributed by atoms with E-state index in [1.807, 2.05) is 0 Å². The maximum absolute atomic E-state index is 11.7. The SMILES string of the molecule is COCC(O)CN(C)C(=O)NCc1ccc(C(=O)O)o1. The van der Waals surface area contributed by atoms with Gasteiger partial charge >= 0.3 is 12.0 Å². The fourth-order valence-corrected chi connectivity index (χ4v) is 1.53. The summed E-state index contributed by atoms with van der Waals surface area (Å²) in [4.78, 5) is 23.6. The van der Waals surface area contributed by atoms with E-state index in [4.69, 9.17) is 14.3 Å². The number of nitrogens with zero attached hydrogens (tertiary/aromatic N) is 1. The zero-order valence-electron chi connectivity index (χ0n) is 11.3. The number of carboxylic acids is 1. The third-order valence-corrected chi connectivity index (χ3v) is 2.48. The molecule has 0 fully saturated rings. The molecule has 8 nitrogen and oxygen atoms in total. The Bertz CT molecular complexity index is 459. The highest BCUT2D eigenvalue weighted by Gasteiger charge is 2.14. The molecule has 1 rings (SSSR count). The number of furan rings is 1. The van der Waals surface area contributed by atoms with E-state index >= 15 is 0 Å². The second kappa shape index (κ2) is 7.51. The number of methoxy groups -OCH3 is 1. The number of carboxylic acid groups (broad SMARTS) is 1. The third-order valence-electron chi connectivity index (χ3n) is 2.48. The highest BCUT2D eigenvalue weighted by molar-refractivity contribution is 5.84. The molecule has 8 heteroatoms. The number of hydrogen-bond acceptors (Lipinski definition) is 5. The molecule has 0 spiro atoms. The van der Waals surface area contributed by atoms with Gasteiger partial charge < -0.3 is 29.6 Å². The molecule has 0 saturated heterocycles. The van der Waals surface area contributed by atoms with Crippen molar-refractivity contribution in [1.29, 1.82) is 0 Å². The fourth-order valence-electron chi connectivity index (χ4n) is 1.53. The molecule has 1 unspecified atom stereocenters. The van der Waals surface area contributed by atoms with Gasteiger partial charge in [-0.3, -0.25) is 0 Å². The first-order valence-corrected chi connectivity index (χ1v) is 5.92. The monoisotopic (exact) mass is 286 g/mol. The number of amides is 2. The first-order valence-electron chi connectivity index (χ1n) is 5.92. The molecule has 0 aliphatic heterocycles. The number of aliphatic hydroxyl groups excluding tert-OH is 1. The molecule has 0 radical (unpaired) electrons. The number of carbonyl (C=O) groups excluding carboxylic acids is 1. The summed E-state index contributed by atoms with van der Waals surface area (Å²) in [6.07, 6.45) is -0.766. The van der Waals surface area contributed by atoms with Crippen LogP contribution in [0.15, 0.2) is 16.5 Å². The van der Waals surface area contributed by atoms with Crippen LogP contribution in [0.25, 0.3) is 0 Å². The van der Waals surface area contributed by atoms with Crippen molar-refractivity contribution in [3.8, 4) is 0 Å². The maximum Gasteiger partial charge on any atom is 0.371 e. The predicted molar refractivity (Wildman–Crippen MR) is 68.4 cm³/mol. The van der Waals surface area contributed by atoms with E-state index in [-0.39, 0.29) is 25.5 Å². The molecular formula is C12H18N2O6. The number of aliphatic hydroxyl groups is 1. The Morgan fingerprint density at radius 2 is 2.20 bits per heavy atom. The maximum atomic E-state index is 11.7. The molecular weight excluding hydrogens is 268 g/mol. The molecule has 112 valence electrons. The minimum absolute atomic E-state index is 0.0663. The van der Waals surface area contributed by atoms with Crippen LogP contribution in [-0.4, -0.2) is 60.5 Å². The fraction of sp³-hybridized carbons (Fsp3) is 0.500. The van der Waals surface area contributed by atoms with E-state index in [2.05, 4.69) is 5.32 Å². The van der Waals surface area contributed by atoms with Crippen LogP contribution in [0.2, 0.25) is 0 Å². The van der Waals surface area contributed by atoms with Crippen LogP contribution in [0.1, 0.15) is 16.3 Å². The van der Waals surface area contributed by atoms with Crippen molar-refractivity contribution in [1.82, 2.24) is 10.2 Å². The van der Waals surface area contributed by atoms with E-state index < -0.39 is 18.1 Å². The summed E-state index contributed by atoms with van der Waals surface area (Å²) < 4.78 is 9.75. The first-order chi connectivity index (χ1) is 9.43. The molecule has 1 aromatic heterocycles. The van der Waals surface area contributed by atoms with Gasteiger partial charge in [-0.25, -0.2) is 9.59 Å². The van der Waals surface area contributed by atoms with Gasteiger partial charge in [0.05, 0.1) is 25.8 Å². The van der Waals surface area contributed by atoms with Gasteiger partial charge in [-0.2, -0.15) is 0 Å². The topological polar surface area (TPSA) is 112 Å². The summed E-state index contributed by atoms with van der Waals surface area (Å²) in [5, 5.41) is 20.7. The van der Waals surface area contributed by atoms with Gasteiger partial charge in [0.25, 0.3) is 0 Å². The Labute approximate surface area is 115 Å². The average molecular weight is 286 g/mol. The standard InChI is InChI=1S/C12H18N2O6/c1-14(6-8(15)7-19-2)12(18)13-5-9-3-4-10(20-9)11(16)17/h3-4,8,15H,5-7H2,1-2H3,(H,13,18)(H,16,17). The van der Waals surface area contributed by atoms with Crippen LogP contribution in [0.5, 0.6) is 0 Å². The van der Waals surface area contributed by atoms with Crippen molar-refractivity contribution in [2.75, 3.05) is 27.3 Å². The normalized spacial score (nSPS) is 11.9. The van der Waals surface area contributed by atoms with E-state index in [0.717, 1.165) is 0 Å². The summed E-state index contributed by atoms with van der Waals surface area (Å²) in [7, 11) is 2.99. The molecule has 20 heavy (non-hydrogen) atoms. The summed E-state index contributed by atoms with van der Waals surface area (Å²) in [5.41, 5.74) is 0. The molecule has 2 amide bonds. The zero-order valence-corrected chi connectivity index (χ0v) is 11.3. The number of urea groups is 1. The number of ether oxygens (including phenoxy) is 1.